The van der Waals surface area contributed by atoms with Crippen molar-refractivity contribution in [3.8, 4) is 10.6 Å². The predicted octanol–water partition coefficient (Wildman–Crippen LogP) is 3.60. The molecule has 2 aromatic rings. The van der Waals surface area contributed by atoms with Crippen molar-refractivity contribution in [2.45, 2.75) is 26.2 Å². The molecule has 1 saturated carbocycles. The van der Waals surface area contributed by atoms with Crippen molar-refractivity contribution in [2.75, 3.05) is 12.4 Å². The molecule has 0 aliphatic heterocycles. The molecule has 0 unspecified atom stereocenters. The lowest BCUT2D eigenvalue weighted by atomic mass is 9.87. The zero-order valence-corrected chi connectivity index (χ0v) is 12.7. The van der Waals surface area contributed by atoms with Crippen molar-refractivity contribution >= 4 is 34.1 Å². The van der Waals surface area contributed by atoms with Gasteiger partial charge in [0.15, 0.2) is 5.13 Å². The van der Waals surface area contributed by atoms with Crippen molar-refractivity contribution in [2.24, 2.45) is 5.92 Å². The summed E-state index contributed by atoms with van der Waals surface area (Å²) in [6.45, 7) is 2.00. The van der Waals surface area contributed by atoms with E-state index in [2.05, 4.69) is 15.3 Å². The Hall–Kier alpha value is -1.27. The zero-order valence-electron chi connectivity index (χ0n) is 11.0. The highest BCUT2D eigenvalue weighted by Crippen LogP contribution is 2.28. The first-order chi connectivity index (χ1) is 9.22. The van der Waals surface area contributed by atoms with Crippen LogP contribution in [0.25, 0.3) is 10.6 Å². The maximum atomic E-state index is 9.79. The molecule has 0 amide bonds. The summed E-state index contributed by atoms with van der Waals surface area (Å²) in [5.74, 6) is 0.435. The van der Waals surface area contributed by atoms with Gasteiger partial charge in [0.25, 0.3) is 0 Å². The van der Waals surface area contributed by atoms with E-state index in [1.165, 1.54) is 6.42 Å². The maximum Gasteiger partial charge on any atom is 0.182 e. The lowest BCUT2D eigenvalue weighted by Gasteiger charge is -2.17. The summed E-state index contributed by atoms with van der Waals surface area (Å²) in [6, 6.07) is 0. The van der Waals surface area contributed by atoms with Crippen molar-refractivity contribution in [3.63, 3.8) is 0 Å². The summed E-state index contributed by atoms with van der Waals surface area (Å²) in [6.07, 6.45) is 6.48. The van der Waals surface area contributed by atoms with Gasteiger partial charge in [-0.3, -0.25) is 0 Å². The Morgan fingerprint density at radius 1 is 1.47 bits per heavy atom. The van der Waals surface area contributed by atoms with E-state index in [9.17, 15) is 4.79 Å². The van der Waals surface area contributed by atoms with Crippen LogP contribution >= 0.6 is 22.7 Å². The summed E-state index contributed by atoms with van der Waals surface area (Å²) in [5.41, 5.74) is 1.01. The number of nitrogens with zero attached hydrogens (tertiary/aromatic N) is 2. The number of aldehydes is 1. The third kappa shape index (κ3) is 3.84. The third-order valence-electron chi connectivity index (χ3n) is 2.93. The first-order valence-corrected chi connectivity index (χ1v) is 7.94. The Kier molecular flexibility index (Phi) is 5.04. The molecule has 0 aromatic carbocycles. The highest BCUT2D eigenvalue weighted by Gasteiger charge is 2.14. The summed E-state index contributed by atoms with van der Waals surface area (Å²) >= 11 is 3.28. The van der Waals surface area contributed by atoms with E-state index in [4.69, 9.17) is 0 Å². The molecule has 102 valence electrons. The smallest absolute Gasteiger partial charge is 0.182 e. The number of aryl methyl sites for hydroxylation is 1. The second-order valence-corrected chi connectivity index (χ2v) is 6.45. The fraction of sp³-hybridized carbons (Fsp3) is 0.462. The summed E-state index contributed by atoms with van der Waals surface area (Å²) in [5, 5.41) is 7.08. The SMILES string of the molecule is CNc1nc(-c2cnc(C)s2)cs1.O=CC1CCC1. The number of carbonyl (C=O) groups excluding carboxylic acids is 1. The Labute approximate surface area is 120 Å². The summed E-state index contributed by atoms with van der Waals surface area (Å²) in [7, 11) is 1.88. The molecule has 0 spiro atoms. The monoisotopic (exact) mass is 295 g/mol. The van der Waals surface area contributed by atoms with Crippen LogP contribution < -0.4 is 5.32 Å². The van der Waals surface area contributed by atoms with Crippen molar-refractivity contribution in [1.29, 1.82) is 0 Å². The molecule has 2 heterocycles. The minimum Gasteiger partial charge on any atom is -0.365 e. The minimum absolute atomic E-state index is 0.435. The molecule has 0 bridgehead atoms. The van der Waals surface area contributed by atoms with Crippen LogP contribution in [0, 0.1) is 12.8 Å². The summed E-state index contributed by atoms with van der Waals surface area (Å²) < 4.78 is 0. The van der Waals surface area contributed by atoms with E-state index in [0.717, 1.165) is 39.8 Å². The van der Waals surface area contributed by atoms with Gasteiger partial charge in [0.2, 0.25) is 0 Å². The Balaban J connectivity index is 0.000000186. The van der Waals surface area contributed by atoms with Crippen LogP contribution in [-0.2, 0) is 4.79 Å². The van der Waals surface area contributed by atoms with Crippen LogP contribution in [0.1, 0.15) is 24.3 Å². The topological polar surface area (TPSA) is 54.9 Å². The van der Waals surface area contributed by atoms with E-state index in [1.54, 1.807) is 22.7 Å². The fourth-order valence-corrected chi connectivity index (χ4v) is 3.04. The Morgan fingerprint density at radius 2 is 2.26 bits per heavy atom. The van der Waals surface area contributed by atoms with Gasteiger partial charge in [-0.1, -0.05) is 6.42 Å². The highest BCUT2D eigenvalue weighted by molar-refractivity contribution is 7.16. The third-order valence-corrected chi connectivity index (χ3v) is 4.73. The van der Waals surface area contributed by atoms with Gasteiger partial charge < -0.3 is 10.1 Å². The minimum atomic E-state index is 0.435. The van der Waals surface area contributed by atoms with E-state index in [-0.39, 0.29) is 0 Å². The van der Waals surface area contributed by atoms with Gasteiger partial charge in [-0.15, -0.1) is 22.7 Å². The quantitative estimate of drug-likeness (QED) is 0.879. The first-order valence-electron chi connectivity index (χ1n) is 6.24. The zero-order chi connectivity index (χ0) is 13.7. The lowest BCUT2D eigenvalue weighted by molar-refractivity contribution is -0.113. The van der Waals surface area contributed by atoms with Crippen molar-refractivity contribution in [1.82, 2.24) is 9.97 Å². The molecular formula is C13H17N3OS2. The maximum absolute atomic E-state index is 9.79. The van der Waals surface area contributed by atoms with Gasteiger partial charge in [0.05, 0.1) is 15.6 Å². The molecular weight excluding hydrogens is 278 g/mol. The molecule has 1 aliphatic carbocycles. The molecule has 2 aromatic heterocycles. The number of thiazole rings is 2. The molecule has 4 nitrogen and oxygen atoms in total. The van der Waals surface area contributed by atoms with Gasteiger partial charge in [0, 0.05) is 24.5 Å². The fourth-order valence-electron chi connectivity index (χ4n) is 1.56. The van der Waals surface area contributed by atoms with Crippen LogP contribution in [0.4, 0.5) is 5.13 Å². The van der Waals surface area contributed by atoms with Crippen LogP contribution in [0.5, 0.6) is 0 Å². The van der Waals surface area contributed by atoms with Crippen LogP contribution in [0.2, 0.25) is 0 Å². The second-order valence-electron chi connectivity index (χ2n) is 4.36. The van der Waals surface area contributed by atoms with Gasteiger partial charge in [-0.2, -0.15) is 0 Å². The van der Waals surface area contributed by atoms with Gasteiger partial charge in [-0.05, 0) is 19.8 Å². The molecule has 1 fully saturated rings. The molecule has 0 radical (unpaired) electrons. The number of hydrogen-bond donors (Lipinski definition) is 1. The van der Waals surface area contributed by atoms with E-state index in [0.29, 0.717) is 5.92 Å². The standard InChI is InChI=1S/C8H9N3S2.C5H8O/c1-5-10-3-7(13-5)6-4-12-8(9-2)11-6;6-4-5-2-1-3-5/h3-4H,1-2H3,(H,9,11);4-5H,1-3H2. The number of hydrogen-bond acceptors (Lipinski definition) is 6. The van der Waals surface area contributed by atoms with E-state index < -0.39 is 0 Å². The number of rotatable bonds is 3. The van der Waals surface area contributed by atoms with Crippen LogP contribution in [0.15, 0.2) is 11.6 Å². The van der Waals surface area contributed by atoms with E-state index in [1.807, 2.05) is 25.5 Å². The highest BCUT2D eigenvalue weighted by atomic mass is 32.1. The molecule has 1 N–H and O–H groups in total. The molecule has 0 saturated heterocycles. The average Bonchev–Trinajstić information content (AvgIpc) is 2.96. The molecule has 6 heteroatoms. The van der Waals surface area contributed by atoms with Crippen LogP contribution in [0.3, 0.4) is 0 Å². The summed E-state index contributed by atoms with van der Waals surface area (Å²) in [4.78, 5) is 19.5. The number of carbonyl (C=O) groups is 1. The largest absolute Gasteiger partial charge is 0.365 e. The van der Waals surface area contributed by atoms with E-state index >= 15 is 0 Å². The molecule has 0 atom stereocenters. The lowest BCUT2D eigenvalue weighted by Crippen LogP contribution is -2.10. The number of anilines is 1. The second kappa shape index (κ2) is 6.77. The average molecular weight is 295 g/mol. The predicted molar refractivity (Wildman–Crippen MR) is 80.9 cm³/mol. The van der Waals surface area contributed by atoms with Crippen LogP contribution in [-0.4, -0.2) is 23.3 Å². The van der Waals surface area contributed by atoms with Crippen molar-refractivity contribution < 1.29 is 4.79 Å². The molecule has 3 rings (SSSR count). The number of nitrogens with one attached hydrogen (secondary N) is 1. The first kappa shape index (κ1) is 14.1. The normalized spacial score (nSPS) is 14.2. The van der Waals surface area contributed by atoms with Gasteiger partial charge in [-0.25, -0.2) is 9.97 Å². The molecule has 19 heavy (non-hydrogen) atoms. The van der Waals surface area contributed by atoms with Crippen molar-refractivity contribution in [3.05, 3.63) is 16.6 Å². The number of aromatic nitrogens is 2. The molecule has 1 aliphatic rings. The Morgan fingerprint density at radius 3 is 2.63 bits per heavy atom. The van der Waals surface area contributed by atoms with Gasteiger partial charge in [0.1, 0.15) is 6.29 Å². The Bertz CT molecular complexity index is 531. The van der Waals surface area contributed by atoms with Gasteiger partial charge >= 0.3 is 0 Å².